The second-order valence-electron chi connectivity index (χ2n) is 5.74. The number of ether oxygens (including phenoxy) is 1. The fourth-order valence-corrected chi connectivity index (χ4v) is 2.98. The lowest BCUT2D eigenvalue weighted by Gasteiger charge is -2.16. The average Bonchev–Trinajstić information content (AvgIpc) is 2.98. The maximum absolute atomic E-state index is 5.36. The maximum atomic E-state index is 5.36. The zero-order valence-electron chi connectivity index (χ0n) is 13.2. The molecule has 0 aliphatic heterocycles. The van der Waals surface area contributed by atoms with E-state index in [1.165, 1.54) is 16.7 Å². The summed E-state index contributed by atoms with van der Waals surface area (Å²) < 4.78 is 5.36. The Morgan fingerprint density at radius 3 is 3.00 bits per heavy atom. The van der Waals surface area contributed by atoms with Gasteiger partial charge in [-0.05, 0) is 59.7 Å². The molecule has 0 fully saturated rings. The van der Waals surface area contributed by atoms with Crippen LogP contribution in [0.25, 0.3) is 5.57 Å². The number of nitrogens with one attached hydrogen (secondary N) is 1. The number of nitrogens with zero attached hydrogens (tertiary/aromatic N) is 1. The van der Waals surface area contributed by atoms with Crippen molar-refractivity contribution in [1.82, 2.24) is 4.98 Å². The molecule has 0 saturated heterocycles. The summed E-state index contributed by atoms with van der Waals surface area (Å²) in [7, 11) is 1.72. The number of methoxy groups -OCH3 is 1. The highest BCUT2D eigenvalue weighted by Gasteiger charge is 2.19. The van der Waals surface area contributed by atoms with Crippen molar-refractivity contribution in [2.75, 3.05) is 19.0 Å². The minimum Gasteiger partial charge on any atom is -0.497 e. The van der Waals surface area contributed by atoms with Gasteiger partial charge in [-0.25, -0.2) is 0 Å². The molecule has 1 aromatic carbocycles. The topological polar surface area (TPSA) is 34.1 Å². The Hall–Kier alpha value is -2.29. The van der Waals surface area contributed by atoms with Crippen molar-refractivity contribution in [3.63, 3.8) is 0 Å². The van der Waals surface area contributed by atoms with Gasteiger partial charge in [-0.1, -0.05) is 19.1 Å². The average molecular weight is 294 g/mol. The summed E-state index contributed by atoms with van der Waals surface area (Å²) in [5.41, 5.74) is 5.29. The van der Waals surface area contributed by atoms with E-state index in [1.807, 2.05) is 24.4 Å². The van der Waals surface area contributed by atoms with E-state index in [0.717, 1.165) is 30.8 Å². The van der Waals surface area contributed by atoms with Gasteiger partial charge in [0.15, 0.2) is 0 Å². The number of allylic oxidation sites excluding steroid dienone is 2. The first-order valence-corrected chi connectivity index (χ1v) is 7.79. The van der Waals surface area contributed by atoms with E-state index in [9.17, 15) is 0 Å². The lowest BCUT2D eigenvalue weighted by molar-refractivity contribution is 0.414. The number of hydrogen-bond acceptors (Lipinski definition) is 3. The highest BCUT2D eigenvalue weighted by molar-refractivity contribution is 5.75. The van der Waals surface area contributed by atoms with Gasteiger partial charge in [-0.2, -0.15) is 0 Å². The van der Waals surface area contributed by atoms with Gasteiger partial charge < -0.3 is 10.1 Å². The summed E-state index contributed by atoms with van der Waals surface area (Å²) in [5.74, 6) is 1.46. The number of aromatic nitrogens is 1. The molecule has 2 aromatic rings. The van der Waals surface area contributed by atoms with E-state index >= 15 is 0 Å². The maximum Gasteiger partial charge on any atom is 0.119 e. The Kier molecular flexibility index (Phi) is 4.42. The first-order valence-electron chi connectivity index (χ1n) is 7.79. The third kappa shape index (κ3) is 3.14. The first kappa shape index (κ1) is 14.6. The monoisotopic (exact) mass is 294 g/mol. The van der Waals surface area contributed by atoms with E-state index in [0.29, 0.717) is 5.92 Å². The third-order valence-electron chi connectivity index (χ3n) is 4.27. The Balaban J connectivity index is 1.61. The van der Waals surface area contributed by atoms with Crippen LogP contribution < -0.4 is 10.1 Å². The van der Waals surface area contributed by atoms with Crippen molar-refractivity contribution in [2.45, 2.75) is 19.8 Å². The van der Waals surface area contributed by atoms with Crippen molar-refractivity contribution >= 4 is 11.3 Å². The van der Waals surface area contributed by atoms with Gasteiger partial charge in [-0.3, -0.25) is 4.98 Å². The summed E-state index contributed by atoms with van der Waals surface area (Å²) in [4.78, 5) is 4.12. The molecule has 3 nitrogen and oxygen atoms in total. The Labute approximate surface area is 132 Å². The van der Waals surface area contributed by atoms with Crippen molar-refractivity contribution in [2.24, 2.45) is 5.92 Å². The predicted octanol–water partition coefficient (Wildman–Crippen LogP) is 4.17. The Morgan fingerprint density at radius 1 is 1.32 bits per heavy atom. The van der Waals surface area contributed by atoms with Gasteiger partial charge in [0.1, 0.15) is 5.75 Å². The van der Waals surface area contributed by atoms with Crippen LogP contribution in [-0.2, 0) is 6.42 Å². The summed E-state index contributed by atoms with van der Waals surface area (Å²) >= 11 is 0. The predicted molar refractivity (Wildman–Crippen MR) is 91.2 cm³/mol. The molecule has 1 aromatic heterocycles. The zero-order chi connectivity index (χ0) is 15.4. The van der Waals surface area contributed by atoms with E-state index in [2.05, 4.69) is 35.4 Å². The van der Waals surface area contributed by atoms with E-state index < -0.39 is 0 Å². The van der Waals surface area contributed by atoms with Gasteiger partial charge in [0.25, 0.3) is 0 Å². The minimum absolute atomic E-state index is 0.525. The van der Waals surface area contributed by atoms with Crippen LogP contribution in [0, 0.1) is 5.92 Å². The first-order chi connectivity index (χ1) is 10.8. The molecular weight excluding hydrogens is 272 g/mol. The largest absolute Gasteiger partial charge is 0.497 e. The molecule has 114 valence electrons. The zero-order valence-corrected chi connectivity index (χ0v) is 13.2. The van der Waals surface area contributed by atoms with Crippen LogP contribution in [-0.4, -0.2) is 18.6 Å². The van der Waals surface area contributed by atoms with Crippen LogP contribution in [0.15, 0.2) is 48.8 Å². The van der Waals surface area contributed by atoms with Crippen molar-refractivity contribution in [3.05, 3.63) is 59.9 Å². The molecule has 1 aliphatic carbocycles. The van der Waals surface area contributed by atoms with Crippen LogP contribution in [0.3, 0.4) is 0 Å². The SMILES string of the molecule is COc1ccc2c(c1)C(C(C)CCNc1cccnc1)=CC2. The van der Waals surface area contributed by atoms with Crippen LogP contribution in [0.4, 0.5) is 5.69 Å². The minimum atomic E-state index is 0.525. The highest BCUT2D eigenvalue weighted by Crippen LogP contribution is 2.36. The van der Waals surface area contributed by atoms with E-state index in [1.54, 1.807) is 13.3 Å². The van der Waals surface area contributed by atoms with Crippen LogP contribution in [0.1, 0.15) is 24.5 Å². The van der Waals surface area contributed by atoms with E-state index in [4.69, 9.17) is 4.74 Å². The standard InChI is InChI=1S/C19H22N2O/c1-14(9-11-21-16-4-3-10-20-13-16)18-8-6-15-5-7-17(22-2)12-19(15)18/h3-5,7-8,10,12-14,21H,6,9,11H2,1-2H3. The molecule has 22 heavy (non-hydrogen) atoms. The van der Waals surface area contributed by atoms with Crippen LogP contribution in [0.2, 0.25) is 0 Å². The third-order valence-corrected chi connectivity index (χ3v) is 4.27. The quantitative estimate of drug-likeness (QED) is 0.868. The van der Waals surface area contributed by atoms with Crippen LogP contribution in [0.5, 0.6) is 5.75 Å². The fraction of sp³-hybridized carbons (Fsp3) is 0.316. The van der Waals surface area contributed by atoms with Crippen LogP contribution >= 0.6 is 0 Å². The summed E-state index contributed by atoms with van der Waals surface area (Å²) in [5, 5.41) is 3.43. The lowest BCUT2D eigenvalue weighted by atomic mass is 9.92. The molecule has 0 radical (unpaired) electrons. The molecule has 1 heterocycles. The Morgan fingerprint density at radius 2 is 2.23 bits per heavy atom. The summed E-state index contributed by atoms with van der Waals surface area (Å²) in [6.45, 7) is 3.24. The molecule has 3 heteroatoms. The van der Waals surface area contributed by atoms with Gasteiger partial charge in [0.05, 0.1) is 12.8 Å². The fourth-order valence-electron chi connectivity index (χ4n) is 2.98. The van der Waals surface area contributed by atoms with Gasteiger partial charge >= 0.3 is 0 Å². The Bertz CT molecular complexity index is 664. The normalized spacial score (nSPS) is 14.2. The summed E-state index contributed by atoms with van der Waals surface area (Å²) in [6, 6.07) is 10.4. The molecule has 1 atom stereocenters. The number of hydrogen-bond donors (Lipinski definition) is 1. The number of fused-ring (bicyclic) bond motifs is 1. The number of pyridine rings is 1. The van der Waals surface area contributed by atoms with Gasteiger partial charge in [0, 0.05) is 18.9 Å². The second kappa shape index (κ2) is 6.65. The number of rotatable bonds is 6. The smallest absolute Gasteiger partial charge is 0.119 e. The van der Waals surface area contributed by atoms with Crippen molar-refractivity contribution in [1.29, 1.82) is 0 Å². The molecule has 0 amide bonds. The van der Waals surface area contributed by atoms with Gasteiger partial charge in [0.2, 0.25) is 0 Å². The summed E-state index contributed by atoms with van der Waals surface area (Å²) in [6.07, 6.45) is 8.15. The molecule has 1 unspecified atom stereocenters. The molecule has 1 N–H and O–H groups in total. The molecular formula is C19H22N2O. The van der Waals surface area contributed by atoms with Crippen molar-refractivity contribution < 1.29 is 4.74 Å². The second-order valence-corrected chi connectivity index (χ2v) is 5.74. The lowest BCUT2D eigenvalue weighted by Crippen LogP contribution is -2.08. The van der Waals surface area contributed by atoms with Crippen molar-refractivity contribution in [3.8, 4) is 5.75 Å². The number of benzene rings is 1. The molecule has 1 aliphatic rings. The highest BCUT2D eigenvalue weighted by atomic mass is 16.5. The molecule has 3 rings (SSSR count). The molecule has 0 spiro atoms. The van der Waals surface area contributed by atoms with Gasteiger partial charge in [-0.15, -0.1) is 0 Å². The van der Waals surface area contributed by atoms with E-state index in [-0.39, 0.29) is 0 Å². The molecule has 0 saturated carbocycles. The molecule has 0 bridgehead atoms. The number of anilines is 1.